The number of rotatable bonds is 6. The Morgan fingerprint density at radius 1 is 1.19 bits per heavy atom. The predicted octanol–water partition coefficient (Wildman–Crippen LogP) is 4.02. The molecule has 3 unspecified atom stereocenters. The van der Waals surface area contributed by atoms with Gasteiger partial charge in [0, 0.05) is 12.8 Å². The average Bonchev–Trinajstić information content (AvgIpc) is 3.33. The Morgan fingerprint density at radius 3 is 2.63 bits per heavy atom. The van der Waals surface area contributed by atoms with Gasteiger partial charge in [0.1, 0.15) is 6.54 Å². The molecule has 3 atom stereocenters. The summed E-state index contributed by atoms with van der Waals surface area (Å²) in [6.07, 6.45) is 1.44. The third-order valence-corrected chi connectivity index (χ3v) is 6.61. The Bertz CT molecular complexity index is 746. The van der Waals surface area contributed by atoms with E-state index in [0.717, 1.165) is 25.9 Å². The molecule has 1 amide bonds. The van der Waals surface area contributed by atoms with E-state index in [-0.39, 0.29) is 22.8 Å². The molecule has 3 heterocycles. The topological polar surface area (TPSA) is 38.8 Å². The van der Waals surface area contributed by atoms with Crippen LogP contribution in [0.1, 0.15) is 29.8 Å². The number of carbonyl (C=O) groups is 1. The second kappa shape index (κ2) is 8.10. The largest absolute Gasteiger partial charge is 0.537 e. The summed E-state index contributed by atoms with van der Waals surface area (Å²) in [6, 6.07) is 14.6. The highest BCUT2D eigenvalue weighted by Crippen LogP contribution is 2.41. The van der Waals surface area contributed by atoms with E-state index in [1.165, 1.54) is 10.4 Å². The lowest BCUT2D eigenvalue weighted by molar-refractivity contribution is -0.989. The van der Waals surface area contributed by atoms with Gasteiger partial charge in [-0.15, -0.1) is 20.9 Å². The molecule has 0 saturated carbocycles. The van der Waals surface area contributed by atoms with Crippen molar-refractivity contribution in [1.29, 1.82) is 0 Å². The van der Waals surface area contributed by atoms with Crippen molar-refractivity contribution in [3.8, 4) is 0 Å². The first-order valence-corrected chi connectivity index (χ1v) is 10.6. The van der Waals surface area contributed by atoms with E-state index < -0.39 is 0 Å². The van der Waals surface area contributed by atoms with Crippen molar-refractivity contribution in [2.24, 2.45) is 0 Å². The quantitative estimate of drug-likeness (QED) is 0.702. The third-order valence-electron chi connectivity index (χ3n) is 5.64. The van der Waals surface area contributed by atoms with E-state index in [9.17, 15) is 4.79 Å². The maximum absolute atomic E-state index is 13.4. The average molecular weight is 388 g/mol. The minimum Gasteiger partial charge on any atom is -0.409 e. The van der Waals surface area contributed by atoms with E-state index in [4.69, 9.17) is 9.47 Å². The first kappa shape index (κ1) is 18.6. The van der Waals surface area contributed by atoms with Crippen molar-refractivity contribution in [3.05, 3.63) is 58.3 Å². The predicted molar refractivity (Wildman–Crippen MR) is 105 cm³/mol. The Balaban J connectivity index is 1.66. The molecule has 2 aromatic rings. The summed E-state index contributed by atoms with van der Waals surface area (Å²) in [6.45, 7) is 5.70. The molecule has 144 valence electrons. The number of ether oxygens (including phenoxy) is 2. The normalized spacial score (nSPS) is 27.4. The molecule has 0 spiro atoms. The number of benzene rings is 1. The molecule has 2 aliphatic rings. The van der Waals surface area contributed by atoms with Crippen LogP contribution in [-0.4, -0.2) is 54.6 Å². The molecular formula is C21H27N2O3S+. The van der Waals surface area contributed by atoms with E-state index in [1.54, 1.807) is 11.3 Å². The number of carbonyl (C=O) groups excluding carboxylic acids is 1. The van der Waals surface area contributed by atoms with E-state index in [2.05, 4.69) is 41.6 Å². The van der Waals surface area contributed by atoms with Crippen LogP contribution in [0, 0.1) is 0 Å². The lowest BCUT2D eigenvalue weighted by Gasteiger charge is -2.44. The lowest BCUT2D eigenvalue weighted by atomic mass is 10.1. The Hall–Kier alpha value is -1.73. The summed E-state index contributed by atoms with van der Waals surface area (Å²) >= 11 is 1.73. The van der Waals surface area contributed by atoms with Gasteiger partial charge < -0.3 is 9.47 Å². The second-order valence-corrected chi connectivity index (χ2v) is 8.19. The van der Waals surface area contributed by atoms with Crippen LogP contribution in [0.3, 0.4) is 0 Å². The molecule has 2 saturated heterocycles. The fourth-order valence-corrected chi connectivity index (χ4v) is 5.40. The van der Waals surface area contributed by atoms with Gasteiger partial charge in [0.15, 0.2) is 12.1 Å². The summed E-state index contributed by atoms with van der Waals surface area (Å²) in [5, 5.41) is 4.38. The van der Waals surface area contributed by atoms with Gasteiger partial charge in [0.2, 0.25) is 0 Å². The smallest absolute Gasteiger partial charge is 0.409 e. The van der Waals surface area contributed by atoms with E-state index >= 15 is 0 Å². The van der Waals surface area contributed by atoms with Crippen molar-refractivity contribution >= 4 is 17.4 Å². The summed E-state index contributed by atoms with van der Waals surface area (Å²) in [5.41, 5.74) is 1.21. The van der Waals surface area contributed by atoms with Crippen LogP contribution in [-0.2, 0) is 15.9 Å². The number of nitrogens with zero attached hydrogens (tertiary/aromatic N) is 2. The molecule has 27 heavy (non-hydrogen) atoms. The van der Waals surface area contributed by atoms with Crippen molar-refractivity contribution in [3.63, 3.8) is 0 Å². The molecule has 0 N–H and O–H groups in total. The van der Waals surface area contributed by atoms with Crippen molar-refractivity contribution in [1.82, 2.24) is 5.01 Å². The number of thiophene rings is 1. The van der Waals surface area contributed by atoms with E-state index in [1.807, 2.05) is 18.2 Å². The third kappa shape index (κ3) is 3.55. The molecule has 4 rings (SSSR count). The zero-order chi connectivity index (χ0) is 18.7. The fourth-order valence-electron chi connectivity index (χ4n) is 4.43. The van der Waals surface area contributed by atoms with Crippen LogP contribution < -0.4 is 0 Å². The summed E-state index contributed by atoms with van der Waals surface area (Å²) in [4.78, 5) is 14.6. The van der Waals surface area contributed by atoms with Crippen LogP contribution in [0.25, 0.3) is 0 Å². The van der Waals surface area contributed by atoms with Crippen LogP contribution >= 0.6 is 11.3 Å². The molecule has 0 radical (unpaired) electrons. The molecule has 1 aromatic heterocycles. The molecule has 5 nitrogen and oxygen atoms in total. The molecule has 6 heteroatoms. The van der Waals surface area contributed by atoms with Crippen LogP contribution in [0.15, 0.2) is 47.8 Å². The molecular weight excluding hydrogens is 360 g/mol. The highest BCUT2D eigenvalue weighted by Gasteiger charge is 2.59. The number of cyclic esters (lactones) is 1. The van der Waals surface area contributed by atoms with Crippen molar-refractivity contribution < 1.29 is 18.9 Å². The SMILES string of the molecule is CCC(c1cccs1)[N+]1(N2CCOCC2)CC(Cc2ccccc2)OC1=O. The van der Waals surface area contributed by atoms with Crippen molar-refractivity contribution in [2.45, 2.75) is 31.9 Å². The summed E-state index contributed by atoms with van der Waals surface area (Å²) in [7, 11) is 0. The number of amides is 1. The van der Waals surface area contributed by atoms with E-state index in [0.29, 0.717) is 19.8 Å². The van der Waals surface area contributed by atoms with Gasteiger partial charge in [-0.1, -0.05) is 43.3 Å². The first-order chi connectivity index (χ1) is 13.2. The maximum Gasteiger partial charge on any atom is 0.537 e. The van der Waals surface area contributed by atoms with Gasteiger partial charge in [0.25, 0.3) is 0 Å². The Kier molecular flexibility index (Phi) is 5.59. The summed E-state index contributed by atoms with van der Waals surface area (Å²) < 4.78 is 11.8. The fraction of sp³-hybridized carbons (Fsp3) is 0.476. The number of quaternary nitrogens is 1. The van der Waals surface area contributed by atoms with Crippen LogP contribution in [0.4, 0.5) is 4.79 Å². The second-order valence-electron chi connectivity index (χ2n) is 7.21. The highest BCUT2D eigenvalue weighted by atomic mass is 32.1. The molecule has 0 bridgehead atoms. The Morgan fingerprint density at radius 2 is 1.96 bits per heavy atom. The minimum atomic E-state index is -0.113. The monoisotopic (exact) mass is 387 g/mol. The van der Waals surface area contributed by atoms with Crippen molar-refractivity contribution in [2.75, 3.05) is 32.8 Å². The standard InChI is InChI=1S/C21H27N2O3S/c1-2-19(20-9-6-14-27-20)23(22-10-12-25-13-11-22)16-18(26-21(23)24)15-17-7-4-3-5-8-17/h3-9,14,18-19H,2,10-13,15-16H2,1H3/q+1. The molecule has 2 fully saturated rings. The zero-order valence-corrected chi connectivity index (χ0v) is 16.6. The number of hydrogen-bond acceptors (Lipinski definition) is 5. The lowest BCUT2D eigenvalue weighted by Crippen LogP contribution is -2.65. The van der Waals surface area contributed by atoms with Gasteiger partial charge >= 0.3 is 6.09 Å². The minimum absolute atomic E-state index is 0.0939. The zero-order valence-electron chi connectivity index (χ0n) is 15.8. The van der Waals surface area contributed by atoms with Crippen LogP contribution in [0.2, 0.25) is 0 Å². The summed E-state index contributed by atoms with van der Waals surface area (Å²) in [5.74, 6) is 0. The van der Waals surface area contributed by atoms with Gasteiger partial charge in [0.05, 0.1) is 31.2 Å². The van der Waals surface area contributed by atoms with Gasteiger partial charge in [-0.3, -0.25) is 0 Å². The maximum atomic E-state index is 13.4. The Labute approximate surface area is 164 Å². The van der Waals surface area contributed by atoms with Crippen LogP contribution in [0.5, 0.6) is 0 Å². The molecule has 2 aliphatic heterocycles. The highest BCUT2D eigenvalue weighted by molar-refractivity contribution is 7.10. The number of hydrogen-bond donors (Lipinski definition) is 0. The number of morpholine rings is 1. The van der Waals surface area contributed by atoms with Gasteiger partial charge in [-0.2, -0.15) is 4.79 Å². The van der Waals surface area contributed by atoms with Gasteiger partial charge in [-0.05, 0) is 17.0 Å². The first-order valence-electron chi connectivity index (χ1n) is 9.73. The molecule has 0 aliphatic carbocycles. The van der Waals surface area contributed by atoms with Gasteiger partial charge in [-0.25, -0.2) is 0 Å². The molecule has 1 aromatic carbocycles.